The Hall–Kier alpha value is -2.70. The lowest BCUT2D eigenvalue weighted by Gasteiger charge is -2.09. The van der Waals surface area contributed by atoms with Crippen LogP contribution in [0.1, 0.15) is 12.5 Å². The van der Waals surface area contributed by atoms with Gasteiger partial charge in [0.1, 0.15) is 0 Å². The maximum absolute atomic E-state index is 12.4. The number of nitrogens with one attached hydrogen (secondary N) is 1. The number of anilines is 1. The summed E-state index contributed by atoms with van der Waals surface area (Å²) < 4.78 is 23.7. The van der Waals surface area contributed by atoms with E-state index in [-0.39, 0.29) is 23.0 Å². The molecule has 0 atom stereocenters. The zero-order valence-corrected chi connectivity index (χ0v) is 16.8. The highest BCUT2D eigenvalue weighted by molar-refractivity contribution is 7.91. The first-order chi connectivity index (χ1) is 13.4. The monoisotopic (exact) mass is 414 g/mol. The van der Waals surface area contributed by atoms with Crippen molar-refractivity contribution in [1.82, 2.24) is 4.98 Å². The Labute approximate surface area is 169 Å². The minimum absolute atomic E-state index is 0.0431. The van der Waals surface area contributed by atoms with Crippen LogP contribution in [0.3, 0.4) is 0 Å². The molecule has 0 spiro atoms. The lowest BCUT2D eigenvalue weighted by atomic mass is 10.1. The molecule has 0 aliphatic carbocycles. The lowest BCUT2D eigenvalue weighted by Crippen LogP contribution is -2.14. The fourth-order valence-corrected chi connectivity index (χ4v) is 3.86. The van der Waals surface area contributed by atoms with E-state index in [0.717, 1.165) is 16.7 Å². The molecule has 3 aromatic rings. The van der Waals surface area contributed by atoms with Crippen molar-refractivity contribution in [3.8, 4) is 11.1 Å². The van der Waals surface area contributed by atoms with E-state index < -0.39 is 9.84 Å². The van der Waals surface area contributed by atoms with Gasteiger partial charge in [-0.1, -0.05) is 30.7 Å². The van der Waals surface area contributed by atoms with Crippen LogP contribution in [0.2, 0.25) is 5.02 Å². The second-order valence-electron chi connectivity index (χ2n) is 6.24. The highest BCUT2D eigenvalue weighted by Gasteiger charge is 2.12. The summed E-state index contributed by atoms with van der Waals surface area (Å²) >= 11 is 6.19. The lowest BCUT2D eigenvalue weighted by molar-refractivity contribution is -0.115. The number of carbonyl (C=O) groups is 1. The molecule has 1 aromatic heterocycles. The number of aromatic nitrogens is 1. The van der Waals surface area contributed by atoms with Crippen molar-refractivity contribution < 1.29 is 13.2 Å². The molecule has 2 aromatic carbocycles. The molecular formula is C21H19ClN2O3S. The summed E-state index contributed by atoms with van der Waals surface area (Å²) in [5, 5.41) is 3.35. The Morgan fingerprint density at radius 2 is 1.68 bits per heavy atom. The van der Waals surface area contributed by atoms with Crippen LogP contribution in [0, 0.1) is 0 Å². The van der Waals surface area contributed by atoms with Crippen molar-refractivity contribution in [3.63, 3.8) is 0 Å². The number of halogens is 1. The quantitative estimate of drug-likeness (QED) is 0.649. The van der Waals surface area contributed by atoms with Gasteiger partial charge in [-0.05, 0) is 59.2 Å². The summed E-state index contributed by atoms with van der Waals surface area (Å²) in [6.07, 6.45) is 3.51. The Bertz CT molecular complexity index is 1080. The number of pyridine rings is 1. The predicted octanol–water partition coefficient (Wildman–Crippen LogP) is 4.38. The average molecular weight is 415 g/mol. The van der Waals surface area contributed by atoms with Crippen molar-refractivity contribution >= 4 is 33.0 Å². The summed E-state index contributed by atoms with van der Waals surface area (Å²) in [6.45, 7) is 1.60. The van der Waals surface area contributed by atoms with Gasteiger partial charge in [-0.15, -0.1) is 0 Å². The van der Waals surface area contributed by atoms with Gasteiger partial charge in [-0.3, -0.25) is 9.78 Å². The number of benzene rings is 2. The Balaban J connectivity index is 1.72. The molecule has 144 valence electrons. The highest BCUT2D eigenvalue weighted by Crippen LogP contribution is 2.27. The number of hydrogen-bond donors (Lipinski definition) is 1. The summed E-state index contributed by atoms with van der Waals surface area (Å²) in [4.78, 5) is 16.7. The summed E-state index contributed by atoms with van der Waals surface area (Å²) in [5.41, 5.74) is 3.14. The summed E-state index contributed by atoms with van der Waals surface area (Å²) in [6, 6.07) is 15.4. The van der Waals surface area contributed by atoms with Crippen LogP contribution in [-0.2, 0) is 21.1 Å². The van der Waals surface area contributed by atoms with Crippen LogP contribution < -0.4 is 5.32 Å². The molecule has 0 unspecified atom stereocenters. The third-order valence-corrected chi connectivity index (χ3v) is 6.19. The largest absolute Gasteiger partial charge is 0.326 e. The molecule has 0 saturated carbocycles. The number of sulfone groups is 1. The molecule has 1 N–H and O–H groups in total. The first kappa shape index (κ1) is 20.0. The molecule has 28 heavy (non-hydrogen) atoms. The maximum Gasteiger partial charge on any atom is 0.228 e. The van der Waals surface area contributed by atoms with Crippen LogP contribution in [0.4, 0.5) is 5.69 Å². The molecule has 7 heteroatoms. The van der Waals surface area contributed by atoms with Crippen LogP contribution >= 0.6 is 11.6 Å². The third-order valence-electron chi connectivity index (χ3n) is 4.22. The Kier molecular flexibility index (Phi) is 6.11. The number of nitrogens with zero attached hydrogens (tertiary/aromatic N) is 1. The van der Waals surface area contributed by atoms with Gasteiger partial charge >= 0.3 is 0 Å². The van der Waals surface area contributed by atoms with E-state index in [2.05, 4.69) is 10.3 Å². The summed E-state index contributed by atoms with van der Waals surface area (Å²) in [7, 11) is -3.25. The van der Waals surface area contributed by atoms with Gasteiger partial charge in [0.05, 0.1) is 17.1 Å². The molecule has 0 aliphatic rings. The van der Waals surface area contributed by atoms with E-state index in [9.17, 15) is 13.2 Å². The van der Waals surface area contributed by atoms with E-state index in [1.54, 1.807) is 37.5 Å². The maximum atomic E-state index is 12.4. The fraction of sp³-hybridized carbons (Fsp3) is 0.143. The molecule has 0 bridgehead atoms. The van der Waals surface area contributed by atoms with Crippen LogP contribution in [0.15, 0.2) is 71.9 Å². The standard InChI is InChI=1S/C21H19ClN2O3S/c1-2-28(26,27)20-5-3-15(4-6-20)11-21(25)24-19-13-17(12-18(22)14-19)16-7-9-23-10-8-16/h3-10,12-14H,2,11H2,1H3,(H,24,25). The third kappa shape index (κ3) is 4.97. The molecule has 0 aliphatic heterocycles. The normalized spacial score (nSPS) is 11.2. The first-order valence-electron chi connectivity index (χ1n) is 8.70. The molecule has 0 fully saturated rings. The van der Waals surface area contributed by atoms with E-state index in [1.165, 1.54) is 12.1 Å². The smallest absolute Gasteiger partial charge is 0.228 e. The molecule has 0 radical (unpaired) electrons. The van der Waals surface area contributed by atoms with Crippen molar-refractivity contribution in [1.29, 1.82) is 0 Å². The van der Waals surface area contributed by atoms with E-state index in [1.807, 2.05) is 24.3 Å². The number of carbonyl (C=O) groups excluding carboxylic acids is 1. The molecule has 1 heterocycles. The Morgan fingerprint density at radius 1 is 1.00 bits per heavy atom. The van der Waals surface area contributed by atoms with Gasteiger partial charge in [-0.2, -0.15) is 0 Å². The average Bonchev–Trinajstić information content (AvgIpc) is 2.68. The number of amides is 1. The van der Waals surface area contributed by atoms with Gasteiger partial charge in [0.15, 0.2) is 9.84 Å². The summed E-state index contributed by atoms with van der Waals surface area (Å²) in [5.74, 6) is -0.171. The van der Waals surface area contributed by atoms with Crippen molar-refractivity contribution in [3.05, 3.63) is 77.6 Å². The van der Waals surface area contributed by atoms with E-state index in [4.69, 9.17) is 11.6 Å². The zero-order chi connectivity index (χ0) is 20.1. The van der Waals surface area contributed by atoms with Crippen LogP contribution in [-0.4, -0.2) is 25.1 Å². The number of hydrogen-bond acceptors (Lipinski definition) is 4. The minimum Gasteiger partial charge on any atom is -0.326 e. The highest BCUT2D eigenvalue weighted by atomic mass is 35.5. The van der Waals surface area contributed by atoms with E-state index >= 15 is 0 Å². The predicted molar refractivity (Wildman–Crippen MR) is 111 cm³/mol. The van der Waals surface area contributed by atoms with E-state index in [0.29, 0.717) is 10.7 Å². The number of rotatable bonds is 6. The van der Waals surface area contributed by atoms with Gasteiger partial charge in [0.2, 0.25) is 5.91 Å². The van der Waals surface area contributed by atoms with Gasteiger partial charge in [0.25, 0.3) is 0 Å². The Morgan fingerprint density at radius 3 is 2.32 bits per heavy atom. The molecule has 0 saturated heterocycles. The second kappa shape index (κ2) is 8.54. The van der Waals surface area contributed by atoms with Gasteiger partial charge in [0, 0.05) is 23.1 Å². The van der Waals surface area contributed by atoms with Crippen molar-refractivity contribution in [2.45, 2.75) is 18.2 Å². The zero-order valence-electron chi connectivity index (χ0n) is 15.2. The fourth-order valence-electron chi connectivity index (χ4n) is 2.74. The van der Waals surface area contributed by atoms with Crippen LogP contribution in [0.5, 0.6) is 0 Å². The van der Waals surface area contributed by atoms with Crippen molar-refractivity contribution in [2.75, 3.05) is 11.1 Å². The first-order valence-corrected chi connectivity index (χ1v) is 10.7. The minimum atomic E-state index is -3.25. The van der Waals surface area contributed by atoms with Gasteiger partial charge in [-0.25, -0.2) is 8.42 Å². The van der Waals surface area contributed by atoms with Crippen LogP contribution in [0.25, 0.3) is 11.1 Å². The molecular weight excluding hydrogens is 396 g/mol. The van der Waals surface area contributed by atoms with Gasteiger partial charge < -0.3 is 5.32 Å². The molecule has 3 rings (SSSR count). The topological polar surface area (TPSA) is 76.1 Å². The molecule has 5 nitrogen and oxygen atoms in total. The molecule has 1 amide bonds. The SMILES string of the molecule is CCS(=O)(=O)c1ccc(CC(=O)Nc2cc(Cl)cc(-c3ccncc3)c2)cc1. The second-order valence-corrected chi connectivity index (χ2v) is 8.95. The van der Waals surface area contributed by atoms with Crippen molar-refractivity contribution in [2.24, 2.45) is 0 Å².